The normalized spacial score (nSPS) is 13.5. The van der Waals surface area contributed by atoms with E-state index in [-0.39, 0.29) is 11.8 Å². The van der Waals surface area contributed by atoms with Crippen molar-refractivity contribution in [1.82, 2.24) is 9.88 Å². The van der Waals surface area contributed by atoms with E-state index in [2.05, 4.69) is 10.3 Å². The van der Waals surface area contributed by atoms with Gasteiger partial charge in [-0.1, -0.05) is 24.3 Å². The van der Waals surface area contributed by atoms with Gasteiger partial charge in [0.1, 0.15) is 12.4 Å². The third kappa shape index (κ3) is 5.68. The summed E-state index contributed by atoms with van der Waals surface area (Å²) in [5.74, 6) is 0.438. The Balaban J connectivity index is 1.42. The fourth-order valence-corrected chi connectivity index (χ4v) is 4.41. The Kier molecular flexibility index (Phi) is 7.19. The number of ether oxygens (including phenoxy) is 1. The molecule has 2 amide bonds. The zero-order chi connectivity index (χ0) is 23.2. The molecule has 1 saturated heterocycles. The van der Waals surface area contributed by atoms with E-state index in [0.29, 0.717) is 23.6 Å². The number of aryl methyl sites for hydroxylation is 1. The molecule has 33 heavy (non-hydrogen) atoms. The molecule has 0 saturated carbocycles. The third-order valence-corrected chi connectivity index (χ3v) is 6.41. The lowest BCUT2D eigenvalue weighted by atomic mass is 10.1. The molecule has 4 rings (SSSR count). The molecular formula is C26H27N3O3S. The molecule has 2 heterocycles. The monoisotopic (exact) mass is 461 g/mol. The van der Waals surface area contributed by atoms with Crippen LogP contribution < -0.4 is 10.1 Å². The maximum absolute atomic E-state index is 12.8. The maximum atomic E-state index is 12.8. The number of amides is 2. The minimum Gasteiger partial charge on any atom is -0.487 e. The lowest BCUT2D eigenvalue weighted by molar-refractivity contribution is -0.111. The summed E-state index contributed by atoms with van der Waals surface area (Å²) in [7, 11) is 0. The van der Waals surface area contributed by atoms with Crippen LogP contribution in [0.4, 0.5) is 5.69 Å². The smallest absolute Gasteiger partial charge is 0.254 e. The van der Waals surface area contributed by atoms with Crippen LogP contribution in [0.2, 0.25) is 0 Å². The number of thiazole rings is 1. The van der Waals surface area contributed by atoms with Crippen molar-refractivity contribution in [1.29, 1.82) is 0 Å². The highest BCUT2D eigenvalue weighted by Crippen LogP contribution is 2.24. The number of carbonyl (C=O) groups is 2. The number of likely N-dealkylation sites (tertiary alicyclic amines) is 1. The van der Waals surface area contributed by atoms with Crippen LogP contribution in [0, 0.1) is 13.8 Å². The van der Waals surface area contributed by atoms with E-state index in [0.717, 1.165) is 47.8 Å². The number of hydrogen-bond acceptors (Lipinski definition) is 5. The minimum atomic E-state index is -0.270. The molecule has 2 aromatic carbocycles. The van der Waals surface area contributed by atoms with Crippen LogP contribution in [-0.4, -0.2) is 34.8 Å². The van der Waals surface area contributed by atoms with Crippen LogP contribution in [0.1, 0.15) is 45.0 Å². The zero-order valence-corrected chi connectivity index (χ0v) is 19.7. The summed E-state index contributed by atoms with van der Waals surface area (Å²) >= 11 is 1.59. The maximum Gasteiger partial charge on any atom is 0.254 e. The van der Waals surface area contributed by atoms with Gasteiger partial charge < -0.3 is 15.0 Å². The second-order valence-electron chi connectivity index (χ2n) is 7.98. The summed E-state index contributed by atoms with van der Waals surface area (Å²) in [4.78, 5) is 31.7. The van der Waals surface area contributed by atoms with Crippen molar-refractivity contribution in [2.24, 2.45) is 0 Å². The number of anilines is 1. The molecule has 170 valence electrons. The highest BCUT2D eigenvalue weighted by Gasteiger charge is 2.21. The predicted octanol–water partition coefficient (Wildman–Crippen LogP) is 5.23. The average molecular weight is 462 g/mol. The molecule has 0 unspecified atom stereocenters. The Morgan fingerprint density at radius 1 is 1.12 bits per heavy atom. The first kappa shape index (κ1) is 22.7. The van der Waals surface area contributed by atoms with Crippen LogP contribution >= 0.6 is 11.3 Å². The van der Waals surface area contributed by atoms with Crippen molar-refractivity contribution >= 4 is 34.9 Å². The molecule has 1 aromatic heterocycles. The second-order valence-corrected chi connectivity index (χ2v) is 9.05. The van der Waals surface area contributed by atoms with Crippen LogP contribution in [-0.2, 0) is 11.4 Å². The van der Waals surface area contributed by atoms with Gasteiger partial charge in [-0.25, -0.2) is 4.98 Å². The highest BCUT2D eigenvalue weighted by molar-refractivity contribution is 7.09. The Morgan fingerprint density at radius 2 is 1.91 bits per heavy atom. The number of carbonyl (C=O) groups excluding carboxylic acids is 2. The summed E-state index contributed by atoms with van der Waals surface area (Å²) < 4.78 is 5.92. The number of aromatic nitrogens is 1. The lowest BCUT2D eigenvalue weighted by Crippen LogP contribution is -2.28. The highest BCUT2D eigenvalue weighted by atomic mass is 32.1. The quantitative estimate of drug-likeness (QED) is 0.489. The van der Waals surface area contributed by atoms with E-state index in [1.165, 1.54) is 6.08 Å². The summed E-state index contributed by atoms with van der Waals surface area (Å²) in [6, 6.07) is 13.0. The van der Waals surface area contributed by atoms with Crippen LogP contribution in [0.5, 0.6) is 5.75 Å². The Labute approximate surface area is 197 Å². The van der Waals surface area contributed by atoms with Gasteiger partial charge in [-0.05, 0) is 56.5 Å². The van der Waals surface area contributed by atoms with Crippen molar-refractivity contribution in [3.05, 3.63) is 81.3 Å². The Morgan fingerprint density at radius 3 is 2.67 bits per heavy atom. The number of nitrogens with one attached hydrogen (secondary N) is 1. The zero-order valence-electron chi connectivity index (χ0n) is 18.8. The van der Waals surface area contributed by atoms with E-state index < -0.39 is 0 Å². The van der Waals surface area contributed by atoms with Crippen LogP contribution in [0.15, 0.2) is 53.9 Å². The van der Waals surface area contributed by atoms with Crippen molar-refractivity contribution in [3.8, 4) is 5.75 Å². The van der Waals surface area contributed by atoms with Crippen molar-refractivity contribution in [2.75, 3.05) is 18.4 Å². The SMILES string of the molecule is Cc1nc(COc2ccccc2/C=C/C(=O)Nc2cccc(C(=O)N3CCCC3)c2C)cs1. The summed E-state index contributed by atoms with van der Waals surface area (Å²) in [6.07, 6.45) is 5.29. The molecular weight excluding hydrogens is 434 g/mol. The lowest BCUT2D eigenvalue weighted by Gasteiger charge is -2.18. The number of benzene rings is 2. The van der Waals surface area contributed by atoms with Crippen LogP contribution in [0.3, 0.4) is 0 Å². The molecule has 0 aliphatic carbocycles. The number of para-hydroxylation sites is 1. The first-order chi connectivity index (χ1) is 16.0. The summed E-state index contributed by atoms with van der Waals surface area (Å²) in [6.45, 7) is 5.79. The molecule has 0 atom stereocenters. The molecule has 1 N–H and O–H groups in total. The molecule has 0 radical (unpaired) electrons. The standard InChI is InChI=1S/C26H27N3O3S/c1-18-22(26(31)29-14-5-6-15-29)9-7-10-23(18)28-25(30)13-12-20-8-3-4-11-24(20)32-16-21-17-33-19(2)27-21/h3-4,7-13,17H,5-6,14-16H2,1-2H3,(H,28,30)/b13-12+. The predicted molar refractivity (Wildman–Crippen MR) is 132 cm³/mol. The third-order valence-electron chi connectivity index (χ3n) is 5.59. The Bertz CT molecular complexity index is 1180. The first-order valence-corrected chi connectivity index (χ1v) is 11.9. The van der Waals surface area contributed by atoms with E-state index in [1.807, 2.05) is 60.5 Å². The summed E-state index contributed by atoms with van der Waals surface area (Å²) in [5, 5.41) is 5.88. The Hall–Kier alpha value is -3.45. The van der Waals surface area contributed by atoms with E-state index in [1.54, 1.807) is 23.5 Å². The molecule has 3 aromatic rings. The molecule has 0 bridgehead atoms. The fraction of sp³-hybridized carbons (Fsp3) is 0.269. The largest absolute Gasteiger partial charge is 0.487 e. The van der Waals surface area contributed by atoms with Gasteiger partial charge in [-0.2, -0.15) is 0 Å². The van der Waals surface area contributed by atoms with Gasteiger partial charge in [0, 0.05) is 41.4 Å². The van der Waals surface area contributed by atoms with Gasteiger partial charge in [0.25, 0.3) is 5.91 Å². The van der Waals surface area contributed by atoms with Crippen molar-refractivity contribution < 1.29 is 14.3 Å². The van der Waals surface area contributed by atoms with Crippen molar-refractivity contribution in [2.45, 2.75) is 33.3 Å². The van der Waals surface area contributed by atoms with Gasteiger partial charge >= 0.3 is 0 Å². The summed E-state index contributed by atoms with van der Waals surface area (Å²) in [5.41, 5.74) is 3.73. The van der Waals surface area contributed by atoms with Gasteiger partial charge in [-0.15, -0.1) is 11.3 Å². The van der Waals surface area contributed by atoms with Gasteiger partial charge in [0.2, 0.25) is 5.91 Å². The molecule has 1 aliphatic heterocycles. The topological polar surface area (TPSA) is 71.5 Å². The molecule has 7 heteroatoms. The number of nitrogens with zero attached hydrogens (tertiary/aromatic N) is 2. The van der Waals surface area contributed by atoms with Gasteiger partial charge in [-0.3, -0.25) is 9.59 Å². The molecule has 6 nitrogen and oxygen atoms in total. The van der Waals surface area contributed by atoms with Gasteiger partial charge in [0.15, 0.2) is 0 Å². The number of hydrogen-bond donors (Lipinski definition) is 1. The average Bonchev–Trinajstić information content (AvgIpc) is 3.50. The molecule has 0 spiro atoms. The fourth-order valence-electron chi connectivity index (χ4n) is 3.81. The first-order valence-electron chi connectivity index (χ1n) is 11.0. The van der Waals surface area contributed by atoms with Gasteiger partial charge in [0.05, 0.1) is 10.7 Å². The van der Waals surface area contributed by atoms with Crippen LogP contribution in [0.25, 0.3) is 6.08 Å². The number of rotatable bonds is 7. The van der Waals surface area contributed by atoms with E-state index >= 15 is 0 Å². The van der Waals surface area contributed by atoms with Crippen molar-refractivity contribution in [3.63, 3.8) is 0 Å². The minimum absolute atomic E-state index is 0.0259. The van der Waals surface area contributed by atoms with E-state index in [4.69, 9.17) is 4.74 Å². The van der Waals surface area contributed by atoms with E-state index in [9.17, 15) is 9.59 Å². The second kappa shape index (κ2) is 10.4. The molecule has 1 aliphatic rings. The molecule has 1 fully saturated rings.